The number of piperazine rings is 1. The van der Waals surface area contributed by atoms with Crippen LogP contribution in [0.25, 0.3) is 10.9 Å². The van der Waals surface area contributed by atoms with Gasteiger partial charge in [0.05, 0.1) is 0 Å². The Bertz CT molecular complexity index is 1300. The molecule has 2 heterocycles. The van der Waals surface area contributed by atoms with E-state index in [2.05, 4.69) is 20.1 Å². The molecule has 0 aliphatic carbocycles. The first-order valence-corrected chi connectivity index (χ1v) is 11.8. The summed E-state index contributed by atoms with van der Waals surface area (Å²) in [5.74, 6) is 0.265. The van der Waals surface area contributed by atoms with Crippen LogP contribution in [0.15, 0.2) is 85.1 Å². The van der Waals surface area contributed by atoms with Crippen LogP contribution in [0.5, 0.6) is 11.5 Å². The Morgan fingerprint density at radius 2 is 1.63 bits per heavy atom. The number of rotatable bonds is 6. The summed E-state index contributed by atoms with van der Waals surface area (Å²) in [4.78, 5) is 22.3. The number of hydrogen-bond donors (Lipinski definition) is 3. The maximum Gasteiger partial charge on any atom is 0.246 e. The highest BCUT2D eigenvalue weighted by Gasteiger charge is 2.30. The molecule has 1 atom stereocenters. The summed E-state index contributed by atoms with van der Waals surface area (Å²) in [6.45, 7) is 3.89. The third kappa shape index (κ3) is 5.11. The van der Waals surface area contributed by atoms with Crippen LogP contribution in [-0.2, 0) is 11.3 Å². The molecular weight excluding hydrogens is 440 g/mol. The van der Waals surface area contributed by atoms with Crippen LogP contribution in [0.4, 0.5) is 5.69 Å². The van der Waals surface area contributed by atoms with Gasteiger partial charge in [0.1, 0.15) is 23.1 Å². The third-order valence-electron chi connectivity index (χ3n) is 6.50. The Hall–Kier alpha value is -3.94. The van der Waals surface area contributed by atoms with Gasteiger partial charge in [-0.2, -0.15) is 0 Å². The molecule has 35 heavy (non-hydrogen) atoms. The number of phenolic OH excluding ortho intramolecular Hbond substituents is 2. The first kappa shape index (κ1) is 22.8. The van der Waals surface area contributed by atoms with Crippen molar-refractivity contribution in [2.45, 2.75) is 12.6 Å². The summed E-state index contributed by atoms with van der Waals surface area (Å²) >= 11 is 0. The van der Waals surface area contributed by atoms with Gasteiger partial charge in [-0.3, -0.25) is 19.6 Å². The van der Waals surface area contributed by atoms with E-state index in [0.29, 0.717) is 11.2 Å². The Morgan fingerprint density at radius 1 is 0.886 bits per heavy atom. The summed E-state index contributed by atoms with van der Waals surface area (Å²) in [7, 11) is 0. The molecule has 3 aromatic carbocycles. The normalized spacial score (nSPS) is 15.7. The van der Waals surface area contributed by atoms with Gasteiger partial charge in [0.25, 0.3) is 0 Å². The molecular formula is C28H28N4O3. The highest BCUT2D eigenvalue weighted by atomic mass is 16.3. The maximum atomic E-state index is 13.4. The van der Waals surface area contributed by atoms with Crippen molar-refractivity contribution < 1.29 is 15.0 Å². The largest absolute Gasteiger partial charge is 0.508 e. The molecule has 5 rings (SSSR count). The number of carbonyl (C=O) groups is 1. The van der Waals surface area contributed by atoms with E-state index in [0.717, 1.165) is 49.2 Å². The number of aromatic nitrogens is 1. The molecule has 7 heteroatoms. The summed E-state index contributed by atoms with van der Waals surface area (Å²) in [6, 6.07) is 23.5. The molecule has 1 amide bonds. The Labute approximate surface area is 204 Å². The van der Waals surface area contributed by atoms with Gasteiger partial charge in [0.2, 0.25) is 5.91 Å². The van der Waals surface area contributed by atoms with Crippen LogP contribution >= 0.6 is 0 Å². The second kappa shape index (κ2) is 10.1. The minimum Gasteiger partial charge on any atom is -0.508 e. The second-order valence-electron chi connectivity index (χ2n) is 8.80. The first-order valence-electron chi connectivity index (χ1n) is 11.8. The number of hydrogen-bond acceptors (Lipinski definition) is 6. The van der Waals surface area contributed by atoms with Crippen LogP contribution in [0, 0.1) is 0 Å². The van der Waals surface area contributed by atoms with E-state index in [9.17, 15) is 15.0 Å². The second-order valence-corrected chi connectivity index (χ2v) is 8.80. The van der Waals surface area contributed by atoms with E-state index in [1.807, 2.05) is 48.5 Å². The molecule has 1 aliphatic rings. The zero-order chi connectivity index (χ0) is 24.2. The number of amides is 1. The molecule has 7 nitrogen and oxygen atoms in total. The fraction of sp³-hybridized carbons (Fsp3) is 0.214. The monoisotopic (exact) mass is 468 g/mol. The van der Waals surface area contributed by atoms with Gasteiger partial charge in [0.15, 0.2) is 0 Å². The van der Waals surface area contributed by atoms with E-state index in [1.165, 1.54) is 0 Å². The summed E-state index contributed by atoms with van der Waals surface area (Å²) < 4.78 is 0. The van der Waals surface area contributed by atoms with Crippen LogP contribution in [0.3, 0.4) is 0 Å². The number of aromatic hydroxyl groups is 2. The number of benzene rings is 3. The number of carbonyl (C=O) groups excluding carboxylic acids is 1. The van der Waals surface area contributed by atoms with Crippen molar-refractivity contribution in [3.05, 3.63) is 96.2 Å². The van der Waals surface area contributed by atoms with Crippen molar-refractivity contribution in [1.82, 2.24) is 14.8 Å². The van der Waals surface area contributed by atoms with Gasteiger partial charge >= 0.3 is 0 Å². The lowest BCUT2D eigenvalue weighted by molar-refractivity contribution is -0.122. The van der Waals surface area contributed by atoms with Gasteiger partial charge in [0, 0.05) is 50.0 Å². The van der Waals surface area contributed by atoms with Crippen molar-refractivity contribution in [3.8, 4) is 11.5 Å². The Balaban J connectivity index is 1.30. The Morgan fingerprint density at radius 3 is 2.37 bits per heavy atom. The predicted molar refractivity (Wildman–Crippen MR) is 136 cm³/mol. The van der Waals surface area contributed by atoms with E-state index in [1.54, 1.807) is 36.5 Å². The lowest BCUT2D eigenvalue weighted by atomic mass is 10.0. The van der Waals surface area contributed by atoms with Gasteiger partial charge in [-0.25, -0.2) is 0 Å². The topological polar surface area (TPSA) is 88.9 Å². The highest BCUT2D eigenvalue weighted by Crippen LogP contribution is 2.28. The van der Waals surface area contributed by atoms with Crippen molar-refractivity contribution in [2.24, 2.45) is 0 Å². The summed E-state index contributed by atoms with van der Waals surface area (Å²) in [6.07, 6.45) is 1.69. The number of fused-ring (bicyclic) bond motifs is 1. The SMILES string of the molecule is O=C(Nc1ccc(O)cc1)C(c1ccccc1)N1CCN(Cc2ccc(O)c3ncccc23)CC1. The molecule has 4 aromatic rings. The maximum absolute atomic E-state index is 13.4. The number of anilines is 1. The van der Waals surface area contributed by atoms with Crippen LogP contribution in [0.1, 0.15) is 17.2 Å². The predicted octanol–water partition coefficient (Wildman–Crippen LogP) is 4.14. The molecule has 1 saturated heterocycles. The van der Waals surface area contributed by atoms with E-state index < -0.39 is 6.04 Å². The molecule has 1 aliphatic heterocycles. The van der Waals surface area contributed by atoms with Crippen LogP contribution in [0.2, 0.25) is 0 Å². The number of nitrogens with zero attached hydrogens (tertiary/aromatic N) is 3. The number of phenols is 2. The van der Waals surface area contributed by atoms with Crippen molar-refractivity contribution in [1.29, 1.82) is 0 Å². The van der Waals surface area contributed by atoms with Crippen LogP contribution < -0.4 is 5.32 Å². The minimum absolute atomic E-state index is 0.0917. The fourth-order valence-corrected chi connectivity index (χ4v) is 4.69. The van der Waals surface area contributed by atoms with Gasteiger partial charge < -0.3 is 15.5 Å². The van der Waals surface area contributed by atoms with Crippen molar-refractivity contribution in [2.75, 3.05) is 31.5 Å². The third-order valence-corrected chi connectivity index (χ3v) is 6.50. The van der Waals surface area contributed by atoms with Crippen molar-refractivity contribution in [3.63, 3.8) is 0 Å². The molecule has 1 aromatic heterocycles. The standard InChI is InChI=1S/C28H28N4O3/c33-23-11-9-22(10-12-23)30-28(35)27(20-5-2-1-3-6-20)32-17-15-31(16-18-32)19-21-8-13-25(34)26-24(21)7-4-14-29-26/h1-14,27,33-34H,15-19H2,(H,30,35). The molecule has 1 unspecified atom stereocenters. The summed E-state index contributed by atoms with van der Waals surface area (Å²) in [5, 5.41) is 23.7. The smallest absolute Gasteiger partial charge is 0.246 e. The lowest BCUT2D eigenvalue weighted by Gasteiger charge is -2.39. The zero-order valence-electron chi connectivity index (χ0n) is 19.3. The summed E-state index contributed by atoms with van der Waals surface area (Å²) in [5.41, 5.74) is 3.36. The fourth-order valence-electron chi connectivity index (χ4n) is 4.69. The number of pyridine rings is 1. The van der Waals surface area contributed by atoms with E-state index in [4.69, 9.17) is 0 Å². The molecule has 0 saturated carbocycles. The van der Waals surface area contributed by atoms with Gasteiger partial charge in [-0.1, -0.05) is 42.5 Å². The van der Waals surface area contributed by atoms with Crippen molar-refractivity contribution >= 4 is 22.5 Å². The average Bonchev–Trinajstić information content (AvgIpc) is 2.89. The van der Waals surface area contributed by atoms with Gasteiger partial charge in [-0.05, 0) is 47.5 Å². The molecule has 0 bridgehead atoms. The van der Waals surface area contributed by atoms with E-state index >= 15 is 0 Å². The molecule has 3 N–H and O–H groups in total. The van der Waals surface area contributed by atoms with E-state index in [-0.39, 0.29) is 17.4 Å². The minimum atomic E-state index is -0.411. The zero-order valence-corrected chi connectivity index (χ0v) is 19.3. The number of nitrogens with one attached hydrogen (secondary N) is 1. The van der Waals surface area contributed by atoms with Gasteiger partial charge in [-0.15, -0.1) is 0 Å². The molecule has 1 fully saturated rings. The molecule has 178 valence electrons. The quantitative estimate of drug-likeness (QED) is 0.369. The average molecular weight is 469 g/mol. The lowest BCUT2D eigenvalue weighted by Crippen LogP contribution is -2.49. The molecule has 0 spiro atoms. The first-order chi connectivity index (χ1) is 17.1. The molecule has 0 radical (unpaired) electrons. The highest BCUT2D eigenvalue weighted by molar-refractivity contribution is 5.95. The van der Waals surface area contributed by atoms with Crippen LogP contribution in [-0.4, -0.2) is 57.1 Å². The Kier molecular flexibility index (Phi) is 6.61.